The highest BCUT2D eigenvalue weighted by molar-refractivity contribution is 5.94. The summed E-state index contributed by atoms with van der Waals surface area (Å²) in [5.74, 6) is 0.591. The number of methoxy groups -OCH3 is 1. The van der Waals surface area contributed by atoms with Gasteiger partial charge in [-0.2, -0.15) is 0 Å². The van der Waals surface area contributed by atoms with Gasteiger partial charge in [0.2, 0.25) is 5.95 Å². The summed E-state index contributed by atoms with van der Waals surface area (Å²) >= 11 is 0. The van der Waals surface area contributed by atoms with Gasteiger partial charge in [0.15, 0.2) is 0 Å². The molecule has 0 aliphatic carbocycles. The first-order chi connectivity index (χ1) is 12.1. The lowest BCUT2D eigenvalue weighted by Gasteiger charge is -2.32. The highest BCUT2D eigenvalue weighted by Crippen LogP contribution is 2.25. The molecule has 3 heterocycles. The van der Waals surface area contributed by atoms with Gasteiger partial charge in [-0.15, -0.1) is 0 Å². The smallest absolute Gasteiger partial charge is 0.270 e. The third-order valence-electron chi connectivity index (χ3n) is 5.00. The number of anilines is 1. The van der Waals surface area contributed by atoms with E-state index < -0.39 is 0 Å². The van der Waals surface area contributed by atoms with E-state index >= 15 is 0 Å². The third kappa shape index (κ3) is 4.10. The van der Waals surface area contributed by atoms with E-state index in [4.69, 9.17) is 9.72 Å². The average Bonchev–Trinajstić information content (AvgIpc) is 3.15. The van der Waals surface area contributed by atoms with Crippen LogP contribution in [0.1, 0.15) is 48.4 Å². The van der Waals surface area contributed by atoms with Crippen LogP contribution in [-0.4, -0.2) is 66.7 Å². The van der Waals surface area contributed by atoms with Crippen LogP contribution in [0.3, 0.4) is 0 Å². The summed E-state index contributed by atoms with van der Waals surface area (Å²) in [5.41, 5.74) is 2.55. The van der Waals surface area contributed by atoms with Crippen LogP contribution in [-0.2, 0) is 17.7 Å². The van der Waals surface area contributed by atoms with Crippen molar-refractivity contribution in [2.45, 2.75) is 45.7 Å². The molecule has 0 spiro atoms. The molecule has 138 valence electrons. The van der Waals surface area contributed by atoms with E-state index in [0.29, 0.717) is 30.8 Å². The van der Waals surface area contributed by atoms with Crippen molar-refractivity contribution in [1.29, 1.82) is 0 Å². The molecule has 1 fully saturated rings. The predicted molar refractivity (Wildman–Crippen MR) is 96.9 cm³/mol. The summed E-state index contributed by atoms with van der Waals surface area (Å²) in [7, 11) is 1.63. The second-order valence-corrected chi connectivity index (χ2v) is 7.05. The van der Waals surface area contributed by atoms with Gasteiger partial charge >= 0.3 is 0 Å². The molecule has 1 aromatic heterocycles. The first kappa shape index (κ1) is 18.1. The highest BCUT2D eigenvalue weighted by atomic mass is 16.5. The van der Waals surface area contributed by atoms with Crippen molar-refractivity contribution in [1.82, 2.24) is 20.2 Å². The zero-order valence-electron chi connectivity index (χ0n) is 15.5. The number of nitrogens with one attached hydrogen (secondary N) is 1. The molecule has 1 aromatic rings. The molecule has 1 amide bonds. The van der Waals surface area contributed by atoms with Crippen molar-refractivity contribution in [3.05, 3.63) is 17.0 Å². The Labute approximate surface area is 149 Å². The van der Waals surface area contributed by atoms with E-state index in [-0.39, 0.29) is 5.91 Å². The van der Waals surface area contributed by atoms with Gasteiger partial charge in [0.1, 0.15) is 5.69 Å². The molecule has 7 nitrogen and oxygen atoms in total. The van der Waals surface area contributed by atoms with Gasteiger partial charge in [-0.3, -0.25) is 9.69 Å². The number of nitrogens with zero attached hydrogens (tertiary/aromatic N) is 4. The Morgan fingerprint density at radius 1 is 1.24 bits per heavy atom. The van der Waals surface area contributed by atoms with Crippen molar-refractivity contribution in [3.63, 3.8) is 0 Å². The fourth-order valence-electron chi connectivity index (χ4n) is 3.46. The fraction of sp³-hybridized carbons (Fsp3) is 0.722. The topological polar surface area (TPSA) is 70.6 Å². The lowest BCUT2D eigenvalue weighted by molar-refractivity contribution is 0.0927. The van der Waals surface area contributed by atoms with Crippen LogP contribution in [0.4, 0.5) is 5.95 Å². The fourth-order valence-corrected chi connectivity index (χ4v) is 3.46. The first-order valence-electron chi connectivity index (χ1n) is 9.26. The minimum Gasteiger partial charge on any atom is -0.383 e. The van der Waals surface area contributed by atoms with E-state index in [1.807, 2.05) is 0 Å². The third-order valence-corrected chi connectivity index (χ3v) is 5.00. The quantitative estimate of drug-likeness (QED) is 0.780. The van der Waals surface area contributed by atoms with Crippen LogP contribution in [0, 0.1) is 0 Å². The molecule has 0 unspecified atom stereocenters. The number of aromatic nitrogens is 2. The SMILES string of the molecule is COCCNC(=O)c1nc(N2CCCC2)nc2c1CN(C(C)C)CC2. The van der Waals surface area contributed by atoms with Crippen LogP contribution in [0.25, 0.3) is 0 Å². The standard InChI is InChI=1S/C18H29N5O2/c1-13(2)23-10-6-15-14(12-23)16(17(24)19-7-11-25-3)21-18(20-15)22-8-4-5-9-22/h13H,4-12H2,1-3H3,(H,19,24). The lowest BCUT2D eigenvalue weighted by Crippen LogP contribution is -2.39. The maximum absolute atomic E-state index is 12.7. The summed E-state index contributed by atoms with van der Waals surface area (Å²) in [5, 5.41) is 2.92. The van der Waals surface area contributed by atoms with Crippen LogP contribution >= 0.6 is 0 Å². The number of carbonyl (C=O) groups is 1. The van der Waals surface area contributed by atoms with Gasteiger partial charge in [-0.05, 0) is 26.7 Å². The summed E-state index contributed by atoms with van der Waals surface area (Å²) in [6.45, 7) is 9.01. The first-order valence-corrected chi connectivity index (χ1v) is 9.26. The van der Waals surface area contributed by atoms with Crippen LogP contribution in [0.2, 0.25) is 0 Å². The minimum atomic E-state index is -0.123. The lowest BCUT2D eigenvalue weighted by atomic mass is 10.0. The molecule has 0 saturated carbocycles. The maximum Gasteiger partial charge on any atom is 0.270 e. The Balaban J connectivity index is 1.91. The van der Waals surface area contributed by atoms with Crippen LogP contribution in [0.15, 0.2) is 0 Å². The van der Waals surface area contributed by atoms with Gasteiger partial charge in [-0.25, -0.2) is 9.97 Å². The Bertz CT molecular complexity index is 614. The molecule has 3 rings (SSSR count). The predicted octanol–water partition coefficient (Wildman–Crippen LogP) is 1.22. The molecular weight excluding hydrogens is 318 g/mol. The molecule has 0 atom stereocenters. The van der Waals surface area contributed by atoms with Crippen molar-refractivity contribution in [2.75, 3.05) is 44.8 Å². The van der Waals surface area contributed by atoms with Crippen molar-refractivity contribution >= 4 is 11.9 Å². The van der Waals surface area contributed by atoms with Crippen molar-refractivity contribution < 1.29 is 9.53 Å². The van der Waals surface area contributed by atoms with Gasteiger partial charge in [0.25, 0.3) is 5.91 Å². The number of amides is 1. The molecule has 0 radical (unpaired) electrons. The number of hydrogen-bond acceptors (Lipinski definition) is 6. The molecule has 2 aliphatic heterocycles. The van der Waals surface area contributed by atoms with E-state index in [2.05, 4.69) is 33.9 Å². The van der Waals surface area contributed by atoms with Gasteiger partial charge in [0.05, 0.1) is 12.3 Å². The van der Waals surface area contributed by atoms with Gasteiger partial charge in [-0.1, -0.05) is 0 Å². The molecule has 0 aromatic carbocycles. The Morgan fingerprint density at radius 3 is 2.68 bits per heavy atom. The Morgan fingerprint density at radius 2 is 2.00 bits per heavy atom. The summed E-state index contributed by atoms with van der Waals surface area (Å²) in [4.78, 5) is 26.8. The second-order valence-electron chi connectivity index (χ2n) is 7.05. The molecule has 25 heavy (non-hydrogen) atoms. The van der Waals surface area contributed by atoms with E-state index in [1.54, 1.807) is 7.11 Å². The number of hydrogen-bond donors (Lipinski definition) is 1. The molecule has 1 N–H and O–H groups in total. The molecule has 1 saturated heterocycles. The van der Waals surface area contributed by atoms with Gasteiger partial charge < -0.3 is 15.0 Å². The number of carbonyl (C=O) groups excluding carboxylic acids is 1. The summed E-state index contributed by atoms with van der Waals surface area (Å²) in [6, 6.07) is 0.441. The van der Waals surface area contributed by atoms with E-state index in [0.717, 1.165) is 56.7 Å². The Hall–Kier alpha value is -1.73. The summed E-state index contributed by atoms with van der Waals surface area (Å²) < 4.78 is 5.03. The van der Waals surface area contributed by atoms with Crippen LogP contribution in [0.5, 0.6) is 0 Å². The van der Waals surface area contributed by atoms with Crippen molar-refractivity contribution in [3.8, 4) is 0 Å². The Kier molecular flexibility index (Phi) is 5.86. The number of fused-ring (bicyclic) bond motifs is 1. The maximum atomic E-state index is 12.7. The zero-order chi connectivity index (χ0) is 17.8. The zero-order valence-corrected chi connectivity index (χ0v) is 15.5. The number of ether oxygens (including phenoxy) is 1. The monoisotopic (exact) mass is 347 g/mol. The molecule has 0 bridgehead atoms. The molecule has 2 aliphatic rings. The van der Waals surface area contributed by atoms with E-state index in [1.165, 1.54) is 0 Å². The van der Waals surface area contributed by atoms with E-state index in [9.17, 15) is 4.79 Å². The van der Waals surface area contributed by atoms with Gasteiger partial charge in [0, 0.05) is 57.9 Å². The minimum absolute atomic E-state index is 0.123. The molecule has 7 heteroatoms. The average molecular weight is 347 g/mol. The number of rotatable bonds is 6. The molecular formula is C18H29N5O2. The summed E-state index contributed by atoms with van der Waals surface area (Å²) in [6.07, 6.45) is 3.20. The highest BCUT2D eigenvalue weighted by Gasteiger charge is 2.28. The normalized spacial score (nSPS) is 17.8. The largest absolute Gasteiger partial charge is 0.383 e. The van der Waals surface area contributed by atoms with Crippen LogP contribution < -0.4 is 10.2 Å². The van der Waals surface area contributed by atoms with Crippen molar-refractivity contribution in [2.24, 2.45) is 0 Å². The second kappa shape index (κ2) is 8.10.